The number of benzene rings is 1. The second-order valence-corrected chi connectivity index (χ2v) is 9.05. The van der Waals surface area contributed by atoms with E-state index in [2.05, 4.69) is 32.7 Å². The molecule has 0 saturated carbocycles. The number of thiophene rings is 2. The summed E-state index contributed by atoms with van der Waals surface area (Å²) in [5.74, 6) is 0.942. The molecule has 0 bridgehead atoms. The van der Waals surface area contributed by atoms with Gasteiger partial charge in [-0.05, 0) is 76.3 Å². The Balaban J connectivity index is 1.32. The van der Waals surface area contributed by atoms with Crippen LogP contribution in [-0.4, -0.2) is 49.8 Å². The summed E-state index contributed by atoms with van der Waals surface area (Å²) in [6.07, 6.45) is 1.71. The summed E-state index contributed by atoms with van der Waals surface area (Å²) in [4.78, 5) is 4.91. The van der Waals surface area contributed by atoms with E-state index >= 15 is 0 Å². The zero-order chi connectivity index (χ0) is 20.1. The number of anilines is 1. The minimum absolute atomic E-state index is 0.743. The van der Waals surface area contributed by atoms with Crippen LogP contribution in [-0.2, 0) is 5.60 Å². The molecule has 1 aliphatic rings. The number of nitrogens with zero attached hydrogens (tertiary/aromatic N) is 2. The minimum Gasteiger partial charge on any atom is -0.495 e. The van der Waals surface area contributed by atoms with Gasteiger partial charge in [-0.2, -0.15) is 22.7 Å². The van der Waals surface area contributed by atoms with Gasteiger partial charge in [-0.1, -0.05) is 12.1 Å². The smallest absolute Gasteiger partial charge is 0.142 e. The van der Waals surface area contributed by atoms with E-state index in [1.54, 1.807) is 29.8 Å². The first-order chi connectivity index (χ1) is 14.2. The Labute approximate surface area is 181 Å². The maximum atomic E-state index is 11.5. The molecule has 154 valence electrons. The van der Waals surface area contributed by atoms with Crippen LogP contribution < -0.4 is 9.64 Å². The van der Waals surface area contributed by atoms with Gasteiger partial charge >= 0.3 is 0 Å². The summed E-state index contributed by atoms with van der Waals surface area (Å²) in [5, 5.41) is 19.7. The molecule has 3 aromatic rings. The molecule has 4 rings (SSSR count). The van der Waals surface area contributed by atoms with E-state index in [-0.39, 0.29) is 0 Å². The maximum absolute atomic E-state index is 11.5. The van der Waals surface area contributed by atoms with Crippen LogP contribution in [0.5, 0.6) is 5.75 Å². The molecule has 3 heterocycles. The Hall–Kier alpha value is -1.86. The number of para-hydroxylation sites is 2. The van der Waals surface area contributed by atoms with Gasteiger partial charge in [0.2, 0.25) is 0 Å². The molecule has 0 spiro atoms. The predicted octanol–water partition coefficient (Wildman–Crippen LogP) is 4.66. The second kappa shape index (κ2) is 9.30. The summed E-state index contributed by atoms with van der Waals surface area (Å²) in [7, 11) is 1.73. The molecule has 1 fully saturated rings. The van der Waals surface area contributed by atoms with Gasteiger partial charge in [-0.25, -0.2) is 0 Å². The number of aliphatic hydroxyl groups is 1. The highest BCUT2D eigenvalue weighted by atomic mass is 32.1. The number of piperazine rings is 1. The molecule has 1 aromatic carbocycles. The molecular formula is C23H28N2O2S2. The predicted molar refractivity (Wildman–Crippen MR) is 123 cm³/mol. The van der Waals surface area contributed by atoms with Crippen LogP contribution in [0.2, 0.25) is 0 Å². The van der Waals surface area contributed by atoms with Crippen molar-refractivity contribution in [2.24, 2.45) is 0 Å². The lowest BCUT2D eigenvalue weighted by atomic mass is 9.85. The lowest BCUT2D eigenvalue weighted by molar-refractivity contribution is 0.0653. The third kappa shape index (κ3) is 4.51. The Kier molecular flexibility index (Phi) is 6.55. The largest absolute Gasteiger partial charge is 0.495 e. The standard InChI is InChI=1S/C23H28N2O2S2/c1-27-22-6-3-2-5-21(22)25-13-11-24(12-14-25)10-4-9-23(26,19-7-15-28-17-19)20-8-16-29-18-20/h2-3,5-8,15-18,26H,4,9-14H2,1H3. The quantitative estimate of drug-likeness (QED) is 0.566. The SMILES string of the molecule is COc1ccccc1N1CCN(CCCC(O)(c2ccsc2)c2ccsc2)CC1. The van der Waals surface area contributed by atoms with E-state index < -0.39 is 5.60 Å². The third-order valence-corrected chi connectivity index (χ3v) is 7.18. The fourth-order valence-electron chi connectivity index (χ4n) is 4.12. The molecule has 0 aliphatic carbocycles. The van der Waals surface area contributed by atoms with Gasteiger partial charge in [-0.15, -0.1) is 0 Å². The molecule has 0 radical (unpaired) electrons. The van der Waals surface area contributed by atoms with Crippen LogP contribution in [0.1, 0.15) is 24.0 Å². The van der Waals surface area contributed by atoms with Crippen molar-refractivity contribution < 1.29 is 9.84 Å². The first kappa shape index (κ1) is 20.4. The van der Waals surface area contributed by atoms with Gasteiger partial charge < -0.3 is 14.7 Å². The van der Waals surface area contributed by atoms with Crippen LogP contribution in [0.3, 0.4) is 0 Å². The average molecular weight is 429 g/mol. The number of ether oxygens (including phenoxy) is 1. The zero-order valence-electron chi connectivity index (χ0n) is 16.8. The normalized spacial score (nSPS) is 15.6. The first-order valence-corrected chi connectivity index (χ1v) is 12.0. The summed E-state index contributed by atoms with van der Waals surface area (Å²) in [5.41, 5.74) is 2.34. The molecule has 6 heteroatoms. The van der Waals surface area contributed by atoms with E-state index in [0.29, 0.717) is 0 Å². The fourth-order valence-corrected chi connectivity index (χ4v) is 5.56. The van der Waals surface area contributed by atoms with Crippen molar-refractivity contribution in [2.75, 3.05) is 44.7 Å². The number of hydrogen-bond donors (Lipinski definition) is 1. The van der Waals surface area contributed by atoms with Crippen molar-refractivity contribution in [2.45, 2.75) is 18.4 Å². The molecule has 0 unspecified atom stereocenters. The van der Waals surface area contributed by atoms with Crippen LogP contribution in [0.25, 0.3) is 0 Å². The lowest BCUT2D eigenvalue weighted by Gasteiger charge is -2.37. The lowest BCUT2D eigenvalue weighted by Crippen LogP contribution is -2.47. The molecule has 2 aromatic heterocycles. The van der Waals surface area contributed by atoms with Crippen molar-refractivity contribution >= 4 is 28.4 Å². The van der Waals surface area contributed by atoms with E-state index in [1.807, 2.05) is 35.0 Å². The Morgan fingerprint density at radius 1 is 0.966 bits per heavy atom. The number of hydrogen-bond acceptors (Lipinski definition) is 6. The number of methoxy groups -OCH3 is 1. The molecule has 4 nitrogen and oxygen atoms in total. The van der Waals surface area contributed by atoms with Crippen molar-refractivity contribution in [3.8, 4) is 5.75 Å². The Morgan fingerprint density at radius 2 is 1.62 bits per heavy atom. The Bertz CT molecular complexity index is 838. The third-order valence-electron chi connectivity index (χ3n) is 5.81. The molecule has 0 amide bonds. The zero-order valence-corrected chi connectivity index (χ0v) is 18.4. The van der Waals surface area contributed by atoms with Crippen LogP contribution in [0, 0.1) is 0 Å². The van der Waals surface area contributed by atoms with Crippen LogP contribution >= 0.6 is 22.7 Å². The first-order valence-electron chi connectivity index (χ1n) is 10.1. The summed E-state index contributed by atoms with van der Waals surface area (Å²) < 4.78 is 5.52. The molecule has 1 saturated heterocycles. The second-order valence-electron chi connectivity index (χ2n) is 7.49. The van der Waals surface area contributed by atoms with Crippen molar-refractivity contribution in [3.63, 3.8) is 0 Å². The number of rotatable bonds is 8. The van der Waals surface area contributed by atoms with Gasteiger partial charge in [-0.3, -0.25) is 4.90 Å². The van der Waals surface area contributed by atoms with Gasteiger partial charge in [0.25, 0.3) is 0 Å². The van der Waals surface area contributed by atoms with Crippen LogP contribution in [0.4, 0.5) is 5.69 Å². The van der Waals surface area contributed by atoms with E-state index in [4.69, 9.17) is 4.74 Å². The summed E-state index contributed by atoms with van der Waals surface area (Å²) in [6.45, 7) is 5.08. The molecule has 1 N–H and O–H groups in total. The van der Waals surface area contributed by atoms with E-state index in [9.17, 15) is 5.11 Å². The highest BCUT2D eigenvalue weighted by molar-refractivity contribution is 7.08. The van der Waals surface area contributed by atoms with Gasteiger partial charge in [0.15, 0.2) is 0 Å². The van der Waals surface area contributed by atoms with Gasteiger partial charge in [0.1, 0.15) is 11.4 Å². The van der Waals surface area contributed by atoms with Crippen molar-refractivity contribution in [1.29, 1.82) is 0 Å². The molecule has 0 atom stereocenters. The van der Waals surface area contributed by atoms with Crippen molar-refractivity contribution in [1.82, 2.24) is 4.90 Å². The Morgan fingerprint density at radius 3 is 2.21 bits per heavy atom. The monoisotopic (exact) mass is 428 g/mol. The van der Waals surface area contributed by atoms with Crippen LogP contribution in [0.15, 0.2) is 57.9 Å². The molecule has 29 heavy (non-hydrogen) atoms. The van der Waals surface area contributed by atoms with Crippen molar-refractivity contribution in [3.05, 3.63) is 69.0 Å². The minimum atomic E-state index is -0.876. The average Bonchev–Trinajstić information content (AvgIpc) is 3.49. The highest BCUT2D eigenvalue weighted by Crippen LogP contribution is 2.36. The van der Waals surface area contributed by atoms with E-state index in [1.165, 1.54) is 5.69 Å². The van der Waals surface area contributed by atoms with E-state index in [0.717, 1.165) is 62.4 Å². The fraction of sp³-hybridized carbons (Fsp3) is 0.391. The molecular weight excluding hydrogens is 400 g/mol. The topological polar surface area (TPSA) is 35.9 Å². The molecule has 1 aliphatic heterocycles. The van der Waals surface area contributed by atoms with Gasteiger partial charge in [0, 0.05) is 26.2 Å². The maximum Gasteiger partial charge on any atom is 0.142 e. The summed E-state index contributed by atoms with van der Waals surface area (Å²) in [6, 6.07) is 12.3. The van der Waals surface area contributed by atoms with Gasteiger partial charge in [0.05, 0.1) is 12.8 Å². The summed E-state index contributed by atoms with van der Waals surface area (Å²) >= 11 is 3.29. The highest BCUT2D eigenvalue weighted by Gasteiger charge is 2.32.